The summed E-state index contributed by atoms with van der Waals surface area (Å²) in [4.78, 5) is 0. The smallest absolute Gasteiger partial charge is 0.209 e. The Hall–Kier alpha value is -1.69. The molecule has 0 aliphatic rings. The summed E-state index contributed by atoms with van der Waals surface area (Å²) in [5.74, 6) is 0. The number of rotatable bonds is 7. The van der Waals surface area contributed by atoms with Gasteiger partial charge in [0.2, 0.25) is 10.0 Å². The second kappa shape index (κ2) is 7.36. The molecule has 0 saturated carbocycles. The van der Waals surface area contributed by atoms with E-state index in [1.54, 1.807) is 0 Å². The summed E-state index contributed by atoms with van der Waals surface area (Å²) in [5.41, 5.74) is 1.94. The molecule has 0 radical (unpaired) electrons. The van der Waals surface area contributed by atoms with E-state index in [-0.39, 0.29) is 12.6 Å². The highest BCUT2D eigenvalue weighted by molar-refractivity contribution is 7.88. The van der Waals surface area contributed by atoms with E-state index < -0.39 is 10.0 Å². The average Bonchev–Trinajstić information content (AvgIpc) is 2.47. The molecule has 0 bridgehead atoms. The summed E-state index contributed by atoms with van der Waals surface area (Å²) >= 11 is 0. The molecule has 0 heterocycles. The van der Waals surface area contributed by atoms with Crippen molar-refractivity contribution >= 4 is 10.0 Å². The van der Waals surface area contributed by atoms with Crippen molar-refractivity contribution in [1.29, 1.82) is 0 Å². The first-order valence-electron chi connectivity index (χ1n) is 6.68. The molecular formula is C16H19NO3S. The maximum atomic E-state index is 11.5. The summed E-state index contributed by atoms with van der Waals surface area (Å²) in [5, 5.41) is 0. The van der Waals surface area contributed by atoms with Crippen LogP contribution in [0.15, 0.2) is 60.7 Å². The SMILES string of the molecule is CS(=O)(=O)N[C@H](COCc1ccccc1)c1ccccc1. The van der Waals surface area contributed by atoms with Gasteiger partial charge in [-0.1, -0.05) is 60.7 Å². The zero-order valence-corrected chi connectivity index (χ0v) is 12.7. The van der Waals surface area contributed by atoms with Crippen molar-refractivity contribution in [3.05, 3.63) is 71.8 Å². The van der Waals surface area contributed by atoms with Gasteiger partial charge in [-0.05, 0) is 11.1 Å². The van der Waals surface area contributed by atoms with E-state index in [9.17, 15) is 8.42 Å². The lowest BCUT2D eigenvalue weighted by Gasteiger charge is -2.18. The molecule has 0 unspecified atom stereocenters. The first-order valence-corrected chi connectivity index (χ1v) is 8.57. The van der Waals surface area contributed by atoms with Crippen LogP contribution < -0.4 is 4.72 Å². The zero-order chi connectivity index (χ0) is 15.1. The molecule has 1 atom stereocenters. The standard InChI is InChI=1S/C16H19NO3S/c1-21(18,19)17-16(15-10-6-3-7-11-15)13-20-12-14-8-4-2-5-9-14/h2-11,16-17H,12-13H2,1H3/t16-/m1/s1. The second-order valence-corrected chi connectivity index (χ2v) is 6.63. The normalized spacial score (nSPS) is 13.0. The van der Waals surface area contributed by atoms with Gasteiger partial charge in [0.25, 0.3) is 0 Å². The molecule has 1 N–H and O–H groups in total. The molecule has 0 amide bonds. The van der Waals surface area contributed by atoms with Crippen LogP contribution in [0.4, 0.5) is 0 Å². The Morgan fingerprint density at radius 2 is 1.57 bits per heavy atom. The van der Waals surface area contributed by atoms with E-state index >= 15 is 0 Å². The topological polar surface area (TPSA) is 55.4 Å². The highest BCUT2D eigenvalue weighted by Crippen LogP contribution is 2.15. The van der Waals surface area contributed by atoms with Crippen LogP contribution in [0, 0.1) is 0 Å². The van der Waals surface area contributed by atoms with E-state index in [1.165, 1.54) is 0 Å². The molecule has 112 valence electrons. The van der Waals surface area contributed by atoms with Gasteiger partial charge in [-0.3, -0.25) is 0 Å². The Morgan fingerprint density at radius 3 is 2.14 bits per heavy atom. The number of nitrogens with one attached hydrogen (secondary N) is 1. The number of benzene rings is 2. The van der Waals surface area contributed by atoms with Crippen molar-refractivity contribution in [1.82, 2.24) is 4.72 Å². The quantitative estimate of drug-likeness (QED) is 0.855. The van der Waals surface area contributed by atoms with Crippen LogP contribution in [0.5, 0.6) is 0 Å². The summed E-state index contributed by atoms with van der Waals surface area (Å²) in [6.07, 6.45) is 1.15. The molecule has 0 spiro atoms. The van der Waals surface area contributed by atoms with Crippen molar-refractivity contribution in [2.45, 2.75) is 12.6 Å². The summed E-state index contributed by atoms with van der Waals surface area (Å²) in [6, 6.07) is 18.8. The molecule has 0 aromatic heterocycles. The fourth-order valence-electron chi connectivity index (χ4n) is 2.01. The zero-order valence-electron chi connectivity index (χ0n) is 11.9. The van der Waals surface area contributed by atoms with Gasteiger partial charge in [0, 0.05) is 0 Å². The molecule has 2 aromatic rings. The Kier molecular flexibility index (Phi) is 5.50. The molecule has 21 heavy (non-hydrogen) atoms. The van der Waals surface area contributed by atoms with Crippen molar-refractivity contribution in [3.8, 4) is 0 Å². The first-order chi connectivity index (χ1) is 10.0. The lowest BCUT2D eigenvalue weighted by atomic mass is 10.1. The predicted octanol–water partition coefficient (Wildman–Crippen LogP) is 2.49. The maximum absolute atomic E-state index is 11.5. The highest BCUT2D eigenvalue weighted by atomic mass is 32.2. The van der Waals surface area contributed by atoms with Crippen molar-refractivity contribution < 1.29 is 13.2 Å². The molecule has 4 nitrogen and oxygen atoms in total. The van der Waals surface area contributed by atoms with Crippen molar-refractivity contribution in [2.24, 2.45) is 0 Å². The predicted molar refractivity (Wildman–Crippen MR) is 83.3 cm³/mol. The molecule has 5 heteroatoms. The van der Waals surface area contributed by atoms with E-state index in [4.69, 9.17) is 4.74 Å². The van der Waals surface area contributed by atoms with Gasteiger partial charge in [-0.15, -0.1) is 0 Å². The van der Waals surface area contributed by atoms with Gasteiger partial charge < -0.3 is 4.74 Å². The lowest BCUT2D eigenvalue weighted by Crippen LogP contribution is -2.30. The molecule has 2 rings (SSSR count). The third-order valence-corrected chi connectivity index (χ3v) is 3.67. The number of sulfonamides is 1. The Morgan fingerprint density at radius 1 is 1.00 bits per heavy atom. The largest absolute Gasteiger partial charge is 0.375 e. The third-order valence-electron chi connectivity index (χ3n) is 2.95. The summed E-state index contributed by atoms with van der Waals surface area (Å²) < 4.78 is 31.2. The molecule has 0 fully saturated rings. The van der Waals surface area contributed by atoms with E-state index in [0.29, 0.717) is 6.61 Å². The minimum atomic E-state index is -3.30. The van der Waals surface area contributed by atoms with Crippen LogP contribution >= 0.6 is 0 Å². The van der Waals surface area contributed by atoms with E-state index in [1.807, 2.05) is 60.7 Å². The fraction of sp³-hybridized carbons (Fsp3) is 0.250. The van der Waals surface area contributed by atoms with Gasteiger partial charge >= 0.3 is 0 Å². The van der Waals surface area contributed by atoms with Gasteiger partial charge in [-0.2, -0.15) is 0 Å². The van der Waals surface area contributed by atoms with Gasteiger partial charge in [0.1, 0.15) is 0 Å². The summed E-state index contributed by atoms with van der Waals surface area (Å²) in [7, 11) is -3.30. The number of ether oxygens (including phenoxy) is 1. The Bertz CT molecular complexity index is 642. The van der Waals surface area contributed by atoms with Crippen molar-refractivity contribution in [2.75, 3.05) is 12.9 Å². The highest BCUT2D eigenvalue weighted by Gasteiger charge is 2.16. The van der Waals surface area contributed by atoms with Crippen LogP contribution in [0.25, 0.3) is 0 Å². The molecule has 0 saturated heterocycles. The Labute approximate surface area is 125 Å². The Balaban J connectivity index is 2.00. The molecule has 0 aliphatic carbocycles. The van der Waals surface area contributed by atoms with Gasteiger partial charge in [-0.25, -0.2) is 13.1 Å². The minimum Gasteiger partial charge on any atom is -0.375 e. The fourth-order valence-corrected chi connectivity index (χ4v) is 2.73. The van der Waals surface area contributed by atoms with Crippen molar-refractivity contribution in [3.63, 3.8) is 0 Å². The average molecular weight is 305 g/mol. The van der Waals surface area contributed by atoms with Gasteiger partial charge in [0.15, 0.2) is 0 Å². The third kappa shape index (κ3) is 5.67. The molecule has 0 aliphatic heterocycles. The molecular weight excluding hydrogens is 286 g/mol. The maximum Gasteiger partial charge on any atom is 0.209 e. The minimum absolute atomic E-state index is 0.284. The second-order valence-electron chi connectivity index (χ2n) is 4.85. The van der Waals surface area contributed by atoms with Crippen LogP contribution in [-0.2, 0) is 21.4 Å². The lowest BCUT2D eigenvalue weighted by molar-refractivity contribution is 0.104. The number of hydrogen-bond donors (Lipinski definition) is 1. The van der Waals surface area contributed by atoms with Crippen LogP contribution in [-0.4, -0.2) is 21.3 Å². The summed E-state index contributed by atoms with van der Waals surface area (Å²) in [6.45, 7) is 0.738. The van der Waals surface area contributed by atoms with Gasteiger partial charge in [0.05, 0.1) is 25.5 Å². The first kappa shape index (κ1) is 15.7. The number of hydrogen-bond acceptors (Lipinski definition) is 3. The van der Waals surface area contributed by atoms with E-state index in [0.717, 1.165) is 17.4 Å². The molecule has 2 aromatic carbocycles. The van der Waals surface area contributed by atoms with E-state index in [2.05, 4.69) is 4.72 Å². The van der Waals surface area contributed by atoms with Crippen LogP contribution in [0.3, 0.4) is 0 Å². The van der Waals surface area contributed by atoms with Crippen LogP contribution in [0.2, 0.25) is 0 Å². The van der Waals surface area contributed by atoms with Crippen LogP contribution in [0.1, 0.15) is 17.2 Å². The monoisotopic (exact) mass is 305 g/mol.